The molecule has 3 rings (SSSR count). The predicted octanol–water partition coefficient (Wildman–Crippen LogP) is 5.55. The molecule has 0 aliphatic rings. The Balaban J connectivity index is 1.75. The summed E-state index contributed by atoms with van der Waals surface area (Å²) in [6.07, 6.45) is -4.44. The standard InChI is InChI=1S/C23H20F3NO4/c1-29-19-12-7-15(13-16(19)14-31-21-6-4-3-5-20(21)30-2)22(28)27-18-10-8-17(9-11-18)23(24,25)26/h3-13H,14H2,1-2H3,(H,27,28). The Morgan fingerprint density at radius 1 is 0.871 bits per heavy atom. The van der Waals surface area contributed by atoms with E-state index in [0.717, 1.165) is 12.1 Å². The van der Waals surface area contributed by atoms with E-state index in [1.165, 1.54) is 26.4 Å². The molecule has 0 aromatic heterocycles. The summed E-state index contributed by atoms with van der Waals surface area (Å²) in [5.41, 5.74) is 0.388. The number of methoxy groups -OCH3 is 2. The Bertz CT molecular complexity index is 1050. The average molecular weight is 431 g/mol. The highest BCUT2D eigenvalue weighted by Gasteiger charge is 2.30. The van der Waals surface area contributed by atoms with Gasteiger partial charge in [-0.15, -0.1) is 0 Å². The maximum Gasteiger partial charge on any atom is 0.416 e. The van der Waals surface area contributed by atoms with Crippen LogP contribution in [0.2, 0.25) is 0 Å². The second-order valence-corrected chi connectivity index (χ2v) is 6.50. The number of anilines is 1. The summed E-state index contributed by atoms with van der Waals surface area (Å²) in [6, 6.07) is 16.2. The molecule has 3 aromatic rings. The van der Waals surface area contributed by atoms with Crippen molar-refractivity contribution in [1.29, 1.82) is 0 Å². The highest BCUT2D eigenvalue weighted by molar-refractivity contribution is 6.04. The van der Waals surface area contributed by atoms with E-state index < -0.39 is 17.6 Å². The fraction of sp³-hybridized carbons (Fsp3) is 0.174. The normalized spacial score (nSPS) is 11.0. The van der Waals surface area contributed by atoms with Gasteiger partial charge >= 0.3 is 6.18 Å². The number of nitrogens with one attached hydrogen (secondary N) is 1. The van der Waals surface area contributed by atoms with E-state index >= 15 is 0 Å². The lowest BCUT2D eigenvalue weighted by Gasteiger charge is -2.14. The van der Waals surface area contributed by atoms with Gasteiger partial charge < -0.3 is 19.5 Å². The zero-order valence-electron chi connectivity index (χ0n) is 16.8. The first-order chi connectivity index (χ1) is 14.8. The van der Waals surface area contributed by atoms with Crippen LogP contribution in [0.15, 0.2) is 66.7 Å². The van der Waals surface area contributed by atoms with Gasteiger partial charge in [-0.05, 0) is 54.6 Å². The van der Waals surface area contributed by atoms with Gasteiger partial charge in [0.2, 0.25) is 0 Å². The molecule has 162 valence electrons. The van der Waals surface area contributed by atoms with Crippen LogP contribution in [0.4, 0.5) is 18.9 Å². The van der Waals surface area contributed by atoms with Gasteiger partial charge in [-0.2, -0.15) is 13.2 Å². The number of halogens is 3. The Morgan fingerprint density at radius 2 is 1.52 bits per heavy atom. The van der Waals surface area contributed by atoms with Gasteiger partial charge in [-0.1, -0.05) is 12.1 Å². The van der Waals surface area contributed by atoms with Crippen molar-refractivity contribution >= 4 is 11.6 Å². The summed E-state index contributed by atoms with van der Waals surface area (Å²) in [4.78, 5) is 12.6. The Kier molecular flexibility index (Phi) is 6.69. The molecule has 0 unspecified atom stereocenters. The van der Waals surface area contributed by atoms with Gasteiger partial charge in [0, 0.05) is 16.8 Å². The lowest BCUT2D eigenvalue weighted by atomic mass is 10.1. The quantitative estimate of drug-likeness (QED) is 0.533. The minimum Gasteiger partial charge on any atom is -0.496 e. The second kappa shape index (κ2) is 9.42. The summed E-state index contributed by atoms with van der Waals surface area (Å²) in [6.45, 7) is 0.116. The van der Waals surface area contributed by atoms with Crippen LogP contribution >= 0.6 is 0 Å². The lowest BCUT2D eigenvalue weighted by molar-refractivity contribution is -0.137. The molecule has 0 aliphatic heterocycles. The number of carbonyl (C=O) groups excluding carboxylic acids is 1. The van der Waals surface area contributed by atoms with E-state index in [1.807, 2.05) is 12.1 Å². The molecular formula is C23H20F3NO4. The van der Waals surface area contributed by atoms with Gasteiger partial charge in [0.25, 0.3) is 5.91 Å². The molecule has 0 aliphatic carbocycles. The van der Waals surface area contributed by atoms with E-state index in [9.17, 15) is 18.0 Å². The molecule has 0 heterocycles. The lowest BCUT2D eigenvalue weighted by Crippen LogP contribution is -2.13. The second-order valence-electron chi connectivity index (χ2n) is 6.50. The molecule has 0 saturated heterocycles. The van der Waals surface area contributed by atoms with Crippen LogP contribution in [0.3, 0.4) is 0 Å². The average Bonchev–Trinajstić information content (AvgIpc) is 2.77. The van der Waals surface area contributed by atoms with Crippen molar-refractivity contribution in [3.63, 3.8) is 0 Å². The van der Waals surface area contributed by atoms with Crippen molar-refractivity contribution in [1.82, 2.24) is 0 Å². The Labute approximate surface area is 177 Å². The van der Waals surface area contributed by atoms with Crippen LogP contribution in [0, 0.1) is 0 Å². The number of ether oxygens (including phenoxy) is 3. The number of amides is 1. The molecule has 1 amide bonds. The van der Waals surface area contributed by atoms with Gasteiger partial charge in [-0.25, -0.2) is 0 Å². The largest absolute Gasteiger partial charge is 0.496 e. The van der Waals surface area contributed by atoms with Gasteiger partial charge in [0.05, 0.1) is 19.8 Å². The highest BCUT2D eigenvalue weighted by Crippen LogP contribution is 2.31. The number of hydrogen-bond acceptors (Lipinski definition) is 4. The van der Waals surface area contributed by atoms with Crippen molar-refractivity contribution < 1.29 is 32.2 Å². The first-order valence-electron chi connectivity index (χ1n) is 9.23. The van der Waals surface area contributed by atoms with E-state index in [1.54, 1.807) is 30.3 Å². The number of hydrogen-bond donors (Lipinski definition) is 1. The molecule has 0 fully saturated rings. The van der Waals surface area contributed by atoms with E-state index in [0.29, 0.717) is 28.4 Å². The fourth-order valence-electron chi connectivity index (χ4n) is 2.87. The molecule has 0 atom stereocenters. The molecule has 0 radical (unpaired) electrons. The van der Waals surface area contributed by atoms with Crippen molar-refractivity contribution in [2.45, 2.75) is 12.8 Å². The van der Waals surface area contributed by atoms with Crippen LogP contribution in [0.25, 0.3) is 0 Å². The van der Waals surface area contributed by atoms with Crippen LogP contribution in [-0.2, 0) is 12.8 Å². The molecule has 1 N–H and O–H groups in total. The maximum atomic E-state index is 12.7. The number of alkyl halides is 3. The number of rotatable bonds is 7. The third kappa shape index (κ3) is 5.48. The minimum atomic E-state index is -4.44. The molecule has 0 bridgehead atoms. The fourth-order valence-corrected chi connectivity index (χ4v) is 2.87. The topological polar surface area (TPSA) is 56.8 Å². The van der Waals surface area contributed by atoms with Gasteiger partial charge in [0.1, 0.15) is 12.4 Å². The first kappa shape index (κ1) is 22.0. The van der Waals surface area contributed by atoms with Crippen LogP contribution < -0.4 is 19.5 Å². The zero-order chi connectivity index (χ0) is 22.4. The summed E-state index contributed by atoms with van der Waals surface area (Å²) in [5, 5.41) is 2.59. The summed E-state index contributed by atoms with van der Waals surface area (Å²) in [7, 11) is 3.04. The van der Waals surface area contributed by atoms with Gasteiger partial charge in [-0.3, -0.25) is 4.79 Å². The number of benzene rings is 3. The Morgan fingerprint density at radius 3 is 2.13 bits per heavy atom. The molecule has 8 heteroatoms. The SMILES string of the molecule is COc1ccc(C(=O)Nc2ccc(C(F)(F)F)cc2)cc1COc1ccccc1OC. The highest BCUT2D eigenvalue weighted by atomic mass is 19.4. The molecular weight excluding hydrogens is 411 g/mol. The van der Waals surface area contributed by atoms with E-state index in [-0.39, 0.29) is 12.3 Å². The minimum absolute atomic E-state index is 0.116. The zero-order valence-corrected chi connectivity index (χ0v) is 16.8. The van der Waals surface area contributed by atoms with Crippen molar-refractivity contribution in [3.05, 3.63) is 83.4 Å². The van der Waals surface area contributed by atoms with Crippen LogP contribution in [0.5, 0.6) is 17.2 Å². The monoisotopic (exact) mass is 431 g/mol. The molecule has 31 heavy (non-hydrogen) atoms. The predicted molar refractivity (Wildman–Crippen MR) is 110 cm³/mol. The third-order valence-electron chi connectivity index (χ3n) is 4.46. The van der Waals surface area contributed by atoms with E-state index in [4.69, 9.17) is 14.2 Å². The van der Waals surface area contributed by atoms with Gasteiger partial charge in [0.15, 0.2) is 11.5 Å². The molecule has 5 nitrogen and oxygen atoms in total. The Hall–Kier alpha value is -3.68. The summed E-state index contributed by atoms with van der Waals surface area (Å²) in [5.74, 6) is 1.16. The molecule has 0 saturated carbocycles. The summed E-state index contributed by atoms with van der Waals surface area (Å²) < 4.78 is 54.5. The molecule has 0 spiro atoms. The molecule has 3 aromatic carbocycles. The summed E-state index contributed by atoms with van der Waals surface area (Å²) >= 11 is 0. The third-order valence-corrected chi connectivity index (χ3v) is 4.46. The van der Waals surface area contributed by atoms with E-state index in [2.05, 4.69) is 5.32 Å². The number of para-hydroxylation sites is 2. The van der Waals surface area contributed by atoms with Crippen molar-refractivity contribution in [3.8, 4) is 17.2 Å². The van der Waals surface area contributed by atoms with Crippen LogP contribution in [-0.4, -0.2) is 20.1 Å². The van der Waals surface area contributed by atoms with Crippen molar-refractivity contribution in [2.75, 3.05) is 19.5 Å². The van der Waals surface area contributed by atoms with Crippen LogP contribution in [0.1, 0.15) is 21.5 Å². The maximum absolute atomic E-state index is 12.7. The number of carbonyl (C=O) groups is 1. The van der Waals surface area contributed by atoms with Crippen molar-refractivity contribution in [2.24, 2.45) is 0 Å². The smallest absolute Gasteiger partial charge is 0.416 e. The first-order valence-corrected chi connectivity index (χ1v) is 9.23.